The molecule has 1 aromatic carbocycles. The van der Waals surface area contributed by atoms with Crippen LogP contribution in [-0.2, 0) is 0 Å². The van der Waals surface area contributed by atoms with Gasteiger partial charge in [0.15, 0.2) is 0 Å². The van der Waals surface area contributed by atoms with E-state index in [1.807, 2.05) is 6.92 Å². The van der Waals surface area contributed by atoms with Crippen molar-refractivity contribution in [2.45, 2.75) is 19.4 Å². The summed E-state index contributed by atoms with van der Waals surface area (Å²) in [5, 5.41) is 15.6. The van der Waals surface area contributed by atoms with E-state index in [9.17, 15) is 0 Å². The first-order valence-electron chi connectivity index (χ1n) is 4.71. The minimum atomic E-state index is -0.00753. The summed E-state index contributed by atoms with van der Waals surface area (Å²) in [5.41, 5.74) is 6.13. The van der Waals surface area contributed by atoms with Gasteiger partial charge in [-0.1, -0.05) is 28.4 Å². The third-order valence-corrected chi connectivity index (χ3v) is 2.54. The minimum Gasteiger partial charge on any atom is -0.409 e. The molecule has 0 heterocycles. The zero-order chi connectivity index (χ0) is 12.1. The van der Waals surface area contributed by atoms with Crippen LogP contribution in [-0.4, -0.2) is 17.1 Å². The topological polar surface area (TPSA) is 70.6 Å². The minimum absolute atomic E-state index is 0.00753. The molecule has 0 bridgehead atoms. The molecule has 1 atom stereocenters. The summed E-state index contributed by atoms with van der Waals surface area (Å²) in [6.07, 6.45) is 0.416. The summed E-state index contributed by atoms with van der Waals surface area (Å²) in [4.78, 5) is 0. The SMILES string of the molecule is CC(CC(N)=NO)Nc1cc(Cl)ccc1Cl. The van der Waals surface area contributed by atoms with E-state index in [1.54, 1.807) is 18.2 Å². The molecular formula is C10H13Cl2N3O. The molecule has 0 spiro atoms. The van der Waals surface area contributed by atoms with Crippen LogP contribution in [0.2, 0.25) is 10.0 Å². The first-order valence-corrected chi connectivity index (χ1v) is 5.46. The van der Waals surface area contributed by atoms with Crippen LogP contribution < -0.4 is 11.1 Å². The van der Waals surface area contributed by atoms with Gasteiger partial charge in [-0.15, -0.1) is 0 Å². The Hall–Kier alpha value is -1.13. The molecule has 0 saturated heterocycles. The van der Waals surface area contributed by atoms with Crippen molar-refractivity contribution in [1.29, 1.82) is 0 Å². The smallest absolute Gasteiger partial charge is 0.141 e. The summed E-state index contributed by atoms with van der Waals surface area (Å²) in [6.45, 7) is 1.90. The van der Waals surface area contributed by atoms with E-state index in [-0.39, 0.29) is 11.9 Å². The number of rotatable bonds is 4. The Morgan fingerprint density at radius 3 is 2.88 bits per heavy atom. The molecular weight excluding hydrogens is 249 g/mol. The van der Waals surface area contributed by atoms with Gasteiger partial charge >= 0.3 is 0 Å². The third-order valence-electron chi connectivity index (χ3n) is 1.97. The highest BCUT2D eigenvalue weighted by Crippen LogP contribution is 2.26. The van der Waals surface area contributed by atoms with Crippen LogP contribution in [0.3, 0.4) is 0 Å². The van der Waals surface area contributed by atoms with Crippen molar-refractivity contribution in [1.82, 2.24) is 0 Å². The molecule has 6 heteroatoms. The fourth-order valence-electron chi connectivity index (χ4n) is 1.28. The second-order valence-electron chi connectivity index (χ2n) is 3.47. The van der Waals surface area contributed by atoms with E-state index >= 15 is 0 Å². The molecule has 0 fully saturated rings. The Kier molecular flexibility index (Phi) is 4.71. The normalized spacial score (nSPS) is 13.6. The number of hydrogen-bond donors (Lipinski definition) is 3. The lowest BCUT2D eigenvalue weighted by Gasteiger charge is -2.15. The highest BCUT2D eigenvalue weighted by Gasteiger charge is 2.07. The molecule has 0 aromatic heterocycles. The number of nitrogens with one attached hydrogen (secondary N) is 1. The van der Waals surface area contributed by atoms with E-state index in [4.69, 9.17) is 34.1 Å². The zero-order valence-corrected chi connectivity index (χ0v) is 10.3. The maximum atomic E-state index is 8.44. The highest BCUT2D eigenvalue weighted by atomic mass is 35.5. The van der Waals surface area contributed by atoms with Gasteiger partial charge in [-0.05, 0) is 25.1 Å². The highest BCUT2D eigenvalue weighted by molar-refractivity contribution is 6.35. The van der Waals surface area contributed by atoms with Crippen LogP contribution in [0.15, 0.2) is 23.4 Å². The summed E-state index contributed by atoms with van der Waals surface area (Å²) in [6, 6.07) is 5.14. The molecule has 1 rings (SSSR count). The van der Waals surface area contributed by atoms with Gasteiger partial charge in [0.2, 0.25) is 0 Å². The Morgan fingerprint density at radius 2 is 2.25 bits per heavy atom. The zero-order valence-electron chi connectivity index (χ0n) is 8.74. The van der Waals surface area contributed by atoms with Gasteiger partial charge in [0.05, 0.1) is 10.7 Å². The predicted molar refractivity (Wildman–Crippen MR) is 67.6 cm³/mol. The molecule has 0 amide bonds. The lowest BCUT2D eigenvalue weighted by molar-refractivity contribution is 0.316. The Labute approximate surface area is 104 Å². The van der Waals surface area contributed by atoms with Gasteiger partial charge < -0.3 is 16.3 Å². The van der Waals surface area contributed by atoms with Crippen molar-refractivity contribution >= 4 is 34.7 Å². The van der Waals surface area contributed by atoms with Gasteiger partial charge in [-0.2, -0.15) is 0 Å². The molecule has 0 saturated carbocycles. The van der Waals surface area contributed by atoms with Crippen LogP contribution >= 0.6 is 23.2 Å². The quantitative estimate of drug-likeness (QED) is 0.338. The molecule has 0 radical (unpaired) electrons. The number of amidine groups is 1. The summed E-state index contributed by atoms with van der Waals surface area (Å²) >= 11 is 11.8. The average Bonchev–Trinajstić information content (AvgIpc) is 2.23. The second-order valence-corrected chi connectivity index (χ2v) is 4.31. The van der Waals surface area contributed by atoms with Crippen molar-refractivity contribution < 1.29 is 5.21 Å². The first-order chi connectivity index (χ1) is 7.52. The molecule has 0 aliphatic rings. The lowest BCUT2D eigenvalue weighted by atomic mass is 10.2. The molecule has 0 aliphatic carbocycles. The Bertz CT molecular complexity index is 396. The number of anilines is 1. The van der Waals surface area contributed by atoms with Gasteiger partial charge in [-0.3, -0.25) is 0 Å². The number of hydrogen-bond acceptors (Lipinski definition) is 3. The van der Waals surface area contributed by atoms with Crippen LogP contribution in [0.5, 0.6) is 0 Å². The van der Waals surface area contributed by atoms with Crippen LogP contribution in [0, 0.1) is 0 Å². The predicted octanol–water partition coefficient (Wildman–Crippen LogP) is 2.93. The standard InChI is InChI=1S/C10H13Cl2N3O/c1-6(4-10(13)15-16)14-9-5-7(11)2-3-8(9)12/h2-3,5-6,14,16H,4H2,1H3,(H2,13,15). The average molecular weight is 262 g/mol. The maximum absolute atomic E-state index is 8.44. The third kappa shape index (κ3) is 3.79. The number of nitrogens with two attached hydrogens (primary N) is 1. The number of benzene rings is 1. The molecule has 1 unspecified atom stereocenters. The van der Waals surface area contributed by atoms with Crippen LogP contribution in [0.25, 0.3) is 0 Å². The number of nitrogens with zero attached hydrogens (tertiary/aromatic N) is 1. The summed E-state index contributed by atoms with van der Waals surface area (Å²) in [7, 11) is 0. The van der Waals surface area contributed by atoms with Crippen molar-refractivity contribution in [2.75, 3.05) is 5.32 Å². The van der Waals surface area contributed by atoms with Crippen molar-refractivity contribution in [3.05, 3.63) is 28.2 Å². The van der Waals surface area contributed by atoms with Crippen molar-refractivity contribution in [2.24, 2.45) is 10.9 Å². The van der Waals surface area contributed by atoms with Gasteiger partial charge in [-0.25, -0.2) is 0 Å². The van der Waals surface area contributed by atoms with Crippen LogP contribution in [0.4, 0.5) is 5.69 Å². The summed E-state index contributed by atoms with van der Waals surface area (Å²) in [5.74, 6) is 0.165. The van der Waals surface area contributed by atoms with Gasteiger partial charge in [0.1, 0.15) is 5.84 Å². The lowest BCUT2D eigenvalue weighted by Crippen LogP contribution is -2.24. The maximum Gasteiger partial charge on any atom is 0.141 e. The fraction of sp³-hybridized carbons (Fsp3) is 0.300. The van der Waals surface area contributed by atoms with Gasteiger partial charge in [0, 0.05) is 17.5 Å². The second kappa shape index (κ2) is 5.82. The van der Waals surface area contributed by atoms with Gasteiger partial charge in [0.25, 0.3) is 0 Å². The molecule has 4 N–H and O–H groups in total. The molecule has 4 nitrogen and oxygen atoms in total. The Balaban J connectivity index is 2.69. The molecule has 88 valence electrons. The molecule has 1 aromatic rings. The van der Waals surface area contributed by atoms with E-state index in [0.717, 1.165) is 5.69 Å². The van der Waals surface area contributed by atoms with E-state index in [1.165, 1.54) is 0 Å². The fourth-order valence-corrected chi connectivity index (χ4v) is 1.62. The van der Waals surface area contributed by atoms with E-state index < -0.39 is 0 Å². The monoisotopic (exact) mass is 261 g/mol. The van der Waals surface area contributed by atoms with Crippen molar-refractivity contribution in [3.63, 3.8) is 0 Å². The Morgan fingerprint density at radius 1 is 1.56 bits per heavy atom. The first kappa shape index (κ1) is 12.9. The van der Waals surface area contributed by atoms with Crippen LogP contribution in [0.1, 0.15) is 13.3 Å². The van der Waals surface area contributed by atoms with E-state index in [2.05, 4.69) is 10.5 Å². The summed E-state index contributed by atoms with van der Waals surface area (Å²) < 4.78 is 0. The number of oxime groups is 1. The largest absolute Gasteiger partial charge is 0.409 e. The molecule has 16 heavy (non-hydrogen) atoms. The van der Waals surface area contributed by atoms with E-state index in [0.29, 0.717) is 16.5 Å². The molecule has 0 aliphatic heterocycles. The number of halogens is 2. The van der Waals surface area contributed by atoms with Crippen molar-refractivity contribution in [3.8, 4) is 0 Å².